The first-order valence-electron chi connectivity index (χ1n) is 7.56. The van der Waals surface area contributed by atoms with Crippen LogP contribution in [-0.4, -0.2) is 25.2 Å². The molecule has 1 aromatic carbocycles. The highest BCUT2D eigenvalue weighted by Crippen LogP contribution is 2.28. The molecule has 1 aromatic rings. The van der Waals surface area contributed by atoms with Gasteiger partial charge >= 0.3 is 0 Å². The molecule has 21 heavy (non-hydrogen) atoms. The summed E-state index contributed by atoms with van der Waals surface area (Å²) in [5.41, 5.74) is 0.0367. The summed E-state index contributed by atoms with van der Waals surface area (Å²) < 4.78 is 41.0. The maximum atomic E-state index is 14.1. The van der Waals surface area contributed by atoms with Crippen molar-refractivity contribution in [2.75, 3.05) is 18.0 Å². The van der Waals surface area contributed by atoms with Gasteiger partial charge in [0, 0.05) is 37.3 Å². The van der Waals surface area contributed by atoms with E-state index in [1.54, 1.807) is 0 Å². The summed E-state index contributed by atoms with van der Waals surface area (Å²) in [6.07, 6.45) is 1.74. The van der Waals surface area contributed by atoms with Crippen LogP contribution in [0.4, 0.5) is 18.9 Å². The van der Waals surface area contributed by atoms with E-state index >= 15 is 0 Å². The van der Waals surface area contributed by atoms with Crippen molar-refractivity contribution in [2.45, 2.75) is 45.7 Å². The van der Waals surface area contributed by atoms with Crippen LogP contribution >= 0.6 is 0 Å². The zero-order chi connectivity index (χ0) is 15.6. The lowest BCUT2D eigenvalue weighted by Gasteiger charge is -2.42. The fourth-order valence-electron chi connectivity index (χ4n) is 3.00. The molecule has 1 saturated heterocycles. The predicted octanol–water partition coefficient (Wildman–Crippen LogP) is 3.71. The van der Waals surface area contributed by atoms with Gasteiger partial charge < -0.3 is 10.2 Å². The molecular weight excluding hydrogens is 277 g/mol. The van der Waals surface area contributed by atoms with Gasteiger partial charge in [0.15, 0.2) is 11.6 Å². The number of nitrogens with zero attached hydrogens (tertiary/aromatic N) is 1. The number of nitrogens with one attached hydrogen (secondary N) is 1. The molecule has 0 radical (unpaired) electrons. The number of halogens is 3. The minimum Gasteiger partial charge on any atom is -0.363 e. The molecule has 1 aliphatic heterocycles. The van der Waals surface area contributed by atoms with Gasteiger partial charge in [-0.1, -0.05) is 20.8 Å². The number of hydrogen-bond donors (Lipinski definition) is 1. The summed E-state index contributed by atoms with van der Waals surface area (Å²) in [6.45, 7) is 7.51. The van der Waals surface area contributed by atoms with Gasteiger partial charge in [0.05, 0.1) is 5.69 Å². The minimum absolute atomic E-state index is 0.0367. The number of rotatable bonds is 4. The van der Waals surface area contributed by atoms with Crippen LogP contribution in [0, 0.1) is 23.4 Å². The Labute approximate surface area is 124 Å². The lowest BCUT2D eigenvalue weighted by Crippen LogP contribution is -2.57. The molecule has 2 rings (SSSR count). The first kappa shape index (κ1) is 16.1. The molecule has 0 spiro atoms. The highest BCUT2D eigenvalue weighted by molar-refractivity contribution is 5.50. The molecule has 0 bridgehead atoms. The Morgan fingerprint density at radius 2 is 2.00 bits per heavy atom. The van der Waals surface area contributed by atoms with Crippen LogP contribution in [0.15, 0.2) is 12.1 Å². The van der Waals surface area contributed by atoms with E-state index in [-0.39, 0.29) is 17.8 Å². The maximum absolute atomic E-state index is 14.1. The monoisotopic (exact) mass is 300 g/mol. The highest BCUT2D eigenvalue weighted by atomic mass is 19.2. The summed E-state index contributed by atoms with van der Waals surface area (Å²) >= 11 is 0. The fourth-order valence-corrected chi connectivity index (χ4v) is 3.00. The van der Waals surface area contributed by atoms with Gasteiger partial charge in [0.2, 0.25) is 0 Å². The van der Waals surface area contributed by atoms with Crippen molar-refractivity contribution in [1.29, 1.82) is 0 Å². The van der Waals surface area contributed by atoms with E-state index in [2.05, 4.69) is 19.2 Å². The topological polar surface area (TPSA) is 15.3 Å². The molecular formula is C16H23F3N2. The zero-order valence-corrected chi connectivity index (χ0v) is 12.8. The normalized spacial score (nSPS) is 22.9. The summed E-state index contributed by atoms with van der Waals surface area (Å²) in [7, 11) is 0. The molecule has 2 nitrogen and oxygen atoms in total. The maximum Gasteiger partial charge on any atom is 0.182 e. The van der Waals surface area contributed by atoms with Crippen molar-refractivity contribution in [2.24, 2.45) is 5.92 Å². The van der Waals surface area contributed by atoms with Gasteiger partial charge in [0.25, 0.3) is 0 Å². The average Bonchev–Trinajstić information content (AvgIpc) is 2.42. The van der Waals surface area contributed by atoms with Crippen LogP contribution in [0.5, 0.6) is 0 Å². The van der Waals surface area contributed by atoms with E-state index in [1.807, 2.05) is 11.8 Å². The van der Waals surface area contributed by atoms with Crippen molar-refractivity contribution in [1.82, 2.24) is 5.32 Å². The van der Waals surface area contributed by atoms with Crippen molar-refractivity contribution >= 4 is 5.69 Å². The summed E-state index contributed by atoms with van der Waals surface area (Å²) in [5, 5.41) is 3.45. The Morgan fingerprint density at radius 3 is 2.62 bits per heavy atom. The number of benzene rings is 1. The van der Waals surface area contributed by atoms with Crippen molar-refractivity contribution in [3.8, 4) is 0 Å². The van der Waals surface area contributed by atoms with Crippen LogP contribution in [0.25, 0.3) is 0 Å². The van der Waals surface area contributed by atoms with Crippen molar-refractivity contribution < 1.29 is 13.2 Å². The highest BCUT2D eigenvalue weighted by Gasteiger charge is 2.30. The van der Waals surface area contributed by atoms with Crippen LogP contribution in [-0.2, 0) is 0 Å². The summed E-state index contributed by atoms with van der Waals surface area (Å²) in [5.74, 6) is -2.31. The van der Waals surface area contributed by atoms with E-state index in [1.165, 1.54) is 0 Å². The fraction of sp³-hybridized carbons (Fsp3) is 0.625. The van der Waals surface area contributed by atoms with Crippen molar-refractivity contribution in [3.05, 3.63) is 29.6 Å². The third-order valence-electron chi connectivity index (χ3n) is 4.01. The van der Waals surface area contributed by atoms with Crippen LogP contribution < -0.4 is 10.2 Å². The van der Waals surface area contributed by atoms with Gasteiger partial charge in [-0.2, -0.15) is 0 Å². The van der Waals surface area contributed by atoms with Gasteiger partial charge in [-0.3, -0.25) is 0 Å². The second kappa shape index (κ2) is 6.69. The molecule has 118 valence electrons. The number of hydrogen-bond acceptors (Lipinski definition) is 2. The molecule has 0 aromatic heterocycles. The van der Waals surface area contributed by atoms with Crippen LogP contribution in [0.1, 0.15) is 33.6 Å². The van der Waals surface area contributed by atoms with E-state index in [9.17, 15) is 13.2 Å². The average molecular weight is 300 g/mol. The van der Waals surface area contributed by atoms with Crippen molar-refractivity contribution in [3.63, 3.8) is 0 Å². The Balaban J connectivity index is 2.29. The molecule has 1 aliphatic rings. The molecule has 0 amide bonds. The second-order valence-corrected chi connectivity index (χ2v) is 6.17. The SMILES string of the molecule is CCC1CNC(CC(C)C)CN1c1cc(F)cc(F)c1F. The number of piperazine rings is 1. The molecule has 0 saturated carbocycles. The Kier molecular flexibility index (Phi) is 5.14. The van der Waals surface area contributed by atoms with Gasteiger partial charge in [-0.05, 0) is 18.8 Å². The lowest BCUT2D eigenvalue weighted by molar-refractivity contribution is 0.339. The van der Waals surface area contributed by atoms with E-state index in [0.717, 1.165) is 18.9 Å². The number of anilines is 1. The third kappa shape index (κ3) is 3.70. The predicted molar refractivity (Wildman–Crippen MR) is 79.0 cm³/mol. The second-order valence-electron chi connectivity index (χ2n) is 6.17. The van der Waals surface area contributed by atoms with Gasteiger partial charge in [0.1, 0.15) is 5.82 Å². The van der Waals surface area contributed by atoms with E-state index < -0.39 is 17.5 Å². The molecule has 0 aliphatic carbocycles. The van der Waals surface area contributed by atoms with Crippen LogP contribution in [0.3, 0.4) is 0 Å². The summed E-state index contributed by atoms with van der Waals surface area (Å²) in [4.78, 5) is 1.81. The molecule has 2 unspecified atom stereocenters. The molecule has 1 fully saturated rings. The first-order chi connectivity index (χ1) is 9.92. The third-order valence-corrected chi connectivity index (χ3v) is 4.01. The standard InChI is InChI=1S/C16H23F3N2/c1-4-13-8-20-12(5-10(2)3)9-21(13)15-7-11(17)6-14(18)16(15)19/h6-7,10,12-13,20H,4-5,8-9H2,1-3H3. The molecule has 1 N–H and O–H groups in total. The van der Waals surface area contributed by atoms with Gasteiger partial charge in [-0.15, -0.1) is 0 Å². The molecule has 2 atom stereocenters. The Morgan fingerprint density at radius 1 is 1.29 bits per heavy atom. The lowest BCUT2D eigenvalue weighted by atomic mass is 9.98. The zero-order valence-electron chi connectivity index (χ0n) is 12.8. The minimum atomic E-state index is -1.13. The Hall–Kier alpha value is -1.23. The largest absolute Gasteiger partial charge is 0.363 e. The smallest absolute Gasteiger partial charge is 0.182 e. The molecule has 1 heterocycles. The Bertz CT molecular complexity index is 491. The van der Waals surface area contributed by atoms with Gasteiger partial charge in [-0.25, -0.2) is 13.2 Å². The van der Waals surface area contributed by atoms with E-state index in [4.69, 9.17) is 0 Å². The van der Waals surface area contributed by atoms with Crippen LogP contribution in [0.2, 0.25) is 0 Å². The molecule has 5 heteroatoms. The first-order valence-corrected chi connectivity index (χ1v) is 7.56. The summed E-state index contributed by atoms with van der Waals surface area (Å²) in [6, 6.07) is 1.94. The quantitative estimate of drug-likeness (QED) is 0.853. The van der Waals surface area contributed by atoms with E-state index in [0.29, 0.717) is 25.1 Å².